The van der Waals surface area contributed by atoms with E-state index in [-0.39, 0.29) is 5.82 Å². The Morgan fingerprint density at radius 1 is 1.11 bits per heavy atom. The highest BCUT2D eigenvalue weighted by Gasteiger charge is 2.05. The standard InChI is InChI=1S/C16H14FNO/c1-11-5-7-14(8-6-11)19-10-13-9-12-3-2-4-15(17)16(12)18-13/h2-9,18H,10H2,1H3. The number of H-pyrrole nitrogens is 1. The molecule has 0 radical (unpaired) electrons. The molecular weight excluding hydrogens is 241 g/mol. The molecule has 1 heterocycles. The maximum Gasteiger partial charge on any atom is 0.147 e. The van der Waals surface area contributed by atoms with Crippen LogP contribution in [0.4, 0.5) is 4.39 Å². The van der Waals surface area contributed by atoms with Gasteiger partial charge in [0.15, 0.2) is 0 Å². The Balaban J connectivity index is 1.78. The lowest BCUT2D eigenvalue weighted by molar-refractivity contribution is 0.302. The Labute approximate surface area is 110 Å². The number of rotatable bonds is 3. The Morgan fingerprint density at radius 3 is 2.63 bits per heavy atom. The van der Waals surface area contributed by atoms with Crippen molar-refractivity contribution in [1.29, 1.82) is 0 Å². The average molecular weight is 255 g/mol. The van der Waals surface area contributed by atoms with Crippen LogP contribution in [0.2, 0.25) is 0 Å². The van der Waals surface area contributed by atoms with E-state index in [1.165, 1.54) is 11.6 Å². The minimum atomic E-state index is -0.237. The van der Waals surface area contributed by atoms with E-state index in [2.05, 4.69) is 4.98 Å². The molecule has 0 unspecified atom stereocenters. The van der Waals surface area contributed by atoms with Crippen molar-refractivity contribution in [2.24, 2.45) is 0 Å². The first-order valence-corrected chi connectivity index (χ1v) is 6.18. The van der Waals surface area contributed by atoms with E-state index >= 15 is 0 Å². The molecule has 0 saturated heterocycles. The third-order valence-electron chi connectivity index (χ3n) is 3.08. The predicted molar refractivity (Wildman–Crippen MR) is 73.8 cm³/mol. The van der Waals surface area contributed by atoms with Crippen molar-refractivity contribution in [1.82, 2.24) is 4.98 Å². The maximum absolute atomic E-state index is 13.5. The van der Waals surface area contributed by atoms with Crippen LogP contribution >= 0.6 is 0 Å². The molecular formula is C16H14FNO. The van der Waals surface area contributed by atoms with Gasteiger partial charge in [-0.15, -0.1) is 0 Å². The van der Waals surface area contributed by atoms with Crippen molar-refractivity contribution in [3.8, 4) is 5.75 Å². The van der Waals surface area contributed by atoms with Crippen LogP contribution < -0.4 is 4.74 Å². The van der Waals surface area contributed by atoms with Crippen molar-refractivity contribution in [2.75, 3.05) is 0 Å². The van der Waals surface area contributed by atoms with E-state index in [0.29, 0.717) is 12.1 Å². The summed E-state index contributed by atoms with van der Waals surface area (Å²) in [5.41, 5.74) is 2.59. The normalized spacial score (nSPS) is 10.8. The fourth-order valence-corrected chi connectivity index (χ4v) is 2.05. The van der Waals surface area contributed by atoms with Gasteiger partial charge in [0.1, 0.15) is 18.2 Å². The van der Waals surface area contributed by atoms with Crippen LogP contribution in [0.15, 0.2) is 48.5 Å². The van der Waals surface area contributed by atoms with Gasteiger partial charge < -0.3 is 9.72 Å². The summed E-state index contributed by atoms with van der Waals surface area (Å²) in [7, 11) is 0. The maximum atomic E-state index is 13.5. The van der Waals surface area contributed by atoms with Crippen LogP contribution in [0, 0.1) is 12.7 Å². The first-order chi connectivity index (χ1) is 9.22. The van der Waals surface area contributed by atoms with E-state index < -0.39 is 0 Å². The van der Waals surface area contributed by atoms with Crippen LogP contribution in [-0.2, 0) is 6.61 Å². The summed E-state index contributed by atoms with van der Waals surface area (Å²) >= 11 is 0. The second-order valence-corrected chi connectivity index (χ2v) is 4.60. The number of aromatic nitrogens is 1. The number of para-hydroxylation sites is 1. The summed E-state index contributed by atoms with van der Waals surface area (Å²) in [5, 5.41) is 0.863. The summed E-state index contributed by atoms with van der Waals surface area (Å²) in [6.07, 6.45) is 0. The number of benzene rings is 2. The Kier molecular flexibility index (Phi) is 2.95. The Morgan fingerprint density at radius 2 is 1.89 bits per heavy atom. The van der Waals surface area contributed by atoms with Crippen molar-refractivity contribution in [3.05, 3.63) is 65.6 Å². The number of nitrogens with one attached hydrogen (secondary N) is 1. The lowest BCUT2D eigenvalue weighted by atomic mass is 10.2. The van der Waals surface area contributed by atoms with Crippen LogP contribution in [-0.4, -0.2) is 4.98 Å². The SMILES string of the molecule is Cc1ccc(OCc2cc3cccc(F)c3[nH]2)cc1. The molecule has 19 heavy (non-hydrogen) atoms. The fourth-order valence-electron chi connectivity index (χ4n) is 2.05. The van der Waals surface area contributed by atoms with Gasteiger partial charge in [-0.05, 0) is 31.2 Å². The molecule has 1 N–H and O–H groups in total. The molecule has 0 fully saturated rings. The highest BCUT2D eigenvalue weighted by atomic mass is 19.1. The van der Waals surface area contributed by atoms with E-state index in [4.69, 9.17) is 4.74 Å². The molecule has 0 bridgehead atoms. The van der Waals surface area contributed by atoms with Gasteiger partial charge in [0.05, 0.1) is 11.2 Å². The monoisotopic (exact) mass is 255 g/mol. The number of halogens is 1. The summed E-state index contributed by atoms with van der Waals surface area (Å²) in [6.45, 7) is 2.43. The van der Waals surface area contributed by atoms with Gasteiger partial charge in [0.2, 0.25) is 0 Å². The number of aryl methyl sites for hydroxylation is 1. The smallest absolute Gasteiger partial charge is 0.147 e. The van der Waals surface area contributed by atoms with Gasteiger partial charge in [-0.2, -0.15) is 0 Å². The molecule has 3 aromatic rings. The molecule has 2 aromatic carbocycles. The van der Waals surface area contributed by atoms with Crippen molar-refractivity contribution >= 4 is 10.9 Å². The molecule has 3 rings (SSSR count). The largest absolute Gasteiger partial charge is 0.487 e. The van der Waals surface area contributed by atoms with Crippen molar-refractivity contribution in [3.63, 3.8) is 0 Å². The zero-order valence-corrected chi connectivity index (χ0v) is 10.6. The van der Waals surface area contributed by atoms with E-state index in [1.807, 2.05) is 43.3 Å². The van der Waals surface area contributed by atoms with Gasteiger partial charge >= 0.3 is 0 Å². The summed E-state index contributed by atoms with van der Waals surface area (Å²) < 4.78 is 19.2. The second kappa shape index (κ2) is 4.76. The van der Waals surface area contributed by atoms with Crippen LogP contribution in [0.1, 0.15) is 11.3 Å². The first-order valence-electron chi connectivity index (χ1n) is 6.18. The van der Waals surface area contributed by atoms with Crippen LogP contribution in [0.5, 0.6) is 5.75 Å². The van der Waals surface area contributed by atoms with E-state index in [1.54, 1.807) is 6.07 Å². The highest BCUT2D eigenvalue weighted by molar-refractivity contribution is 5.80. The highest BCUT2D eigenvalue weighted by Crippen LogP contribution is 2.20. The molecule has 0 aliphatic rings. The topological polar surface area (TPSA) is 25.0 Å². The third kappa shape index (κ3) is 2.45. The zero-order chi connectivity index (χ0) is 13.2. The van der Waals surface area contributed by atoms with Gasteiger partial charge in [-0.3, -0.25) is 0 Å². The quantitative estimate of drug-likeness (QED) is 0.745. The lowest BCUT2D eigenvalue weighted by Crippen LogP contribution is -1.95. The molecule has 3 heteroatoms. The predicted octanol–water partition coefficient (Wildman–Crippen LogP) is 4.19. The minimum absolute atomic E-state index is 0.237. The van der Waals surface area contributed by atoms with Crippen LogP contribution in [0.3, 0.4) is 0 Å². The fraction of sp³-hybridized carbons (Fsp3) is 0.125. The Bertz CT molecular complexity index is 700. The molecule has 0 aliphatic heterocycles. The minimum Gasteiger partial charge on any atom is -0.487 e. The number of fused-ring (bicyclic) bond motifs is 1. The number of hydrogen-bond donors (Lipinski definition) is 1. The van der Waals surface area contributed by atoms with Gasteiger partial charge in [0.25, 0.3) is 0 Å². The molecule has 0 amide bonds. The lowest BCUT2D eigenvalue weighted by Gasteiger charge is -2.04. The van der Waals surface area contributed by atoms with Gasteiger partial charge in [-0.25, -0.2) is 4.39 Å². The van der Waals surface area contributed by atoms with Gasteiger partial charge in [-0.1, -0.05) is 29.8 Å². The van der Waals surface area contributed by atoms with Crippen LogP contribution in [0.25, 0.3) is 10.9 Å². The Hall–Kier alpha value is -2.29. The molecule has 0 saturated carbocycles. The molecule has 96 valence electrons. The number of ether oxygens (including phenoxy) is 1. The molecule has 0 atom stereocenters. The molecule has 1 aromatic heterocycles. The van der Waals surface area contributed by atoms with Crippen molar-refractivity contribution in [2.45, 2.75) is 13.5 Å². The second-order valence-electron chi connectivity index (χ2n) is 4.60. The molecule has 2 nitrogen and oxygen atoms in total. The summed E-state index contributed by atoms with van der Waals surface area (Å²) in [6, 6.07) is 14.8. The van der Waals surface area contributed by atoms with E-state index in [0.717, 1.165) is 16.8 Å². The number of hydrogen-bond acceptors (Lipinski definition) is 1. The van der Waals surface area contributed by atoms with Crippen molar-refractivity contribution < 1.29 is 9.13 Å². The van der Waals surface area contributed by atoms with E-state index in [9.17, 15) is 4.39 Å². The average Bonchev–Trinajstić information content (AvgIpc) is 2.83. The van der Waals surface area contributed by atoms with Gasteiger partial charge in [0, 0.05) is 5.39 Å². The molecule has 0 aliphatic carbocycles. The zero-order valence-electron chi connectivity index (χ0n) is 10.6. The molecule has 0 spiro atoms. The third-order valence-corrected chi connectivity index (χ3v) is 3.08. The summed E-state index contributed by atoms with van der Waals surface area (Å²) in [5.74, 6) is 0.573. The first kappa shape index (κ1) is 11.8. The number of aromatic amines is 1. The summed E-state index contributed by atoms with van der Waals surface area (Å²) in [4.78, 5) is 3.05.